The number of hydrogen-bond acceptors (Lipinski definition) is 3. The highest BCUT2D eigenvalue weighted by molar-refractivity contribution is 9.10. The van der Waals surface area contributed by atoms with Gasteiger partial charge in [-0.2, -0.15) is 0 Å². The number of ether oxygens (including phenoxy) is 1. The van der Waals surface area contributed by atoms with Gasteiger partial charge < -0.3 is 14.7 Å². The highest BCUT2D eigenvalue weighted by Gasteiger charge is 2.17. The number of aliphatic hydroxyl groups excluding tert-OH is 1. The van der Waals surface area contributed by atoms with Crippen LogP contribution in [0, 0.1) is 0 Å². The molecule has 1 aliphatic heterocycles. The molecule has 1 fully saturated rings. The number of benzene rings is 2. The first-order valence-electron chi connectivity index (χ1n) is 7.21. The van der Waals surface area contributed by atoms with Gasteiger partial charge in [-0.25, -0.2) is 0 Å². The van der Waals surface area contributed by atoms with Crippen molar-refractivity contribution in [3.05, 3.63) is 63.1 Å². The Morgan fingerprint density at radius 2 is 1.68 bits per heavy atom. The molecule has 5 heteroatoms. The number of aliphatic hydroxyl groups is 1. The van der Waals surface area contributed by atoms with Gasteiger partial charge in [-0.05, 0) is 35.4 Å². The van der Waals surface area contributed by atoms with Gasteiger partial charge in [0, 0.05) is 17.6 Å². The van der Waals surface area contributed by atoms with Gasteiger partial charge in [0.05, 0.1) is 23.9 Å². The molecule has 1 aliphatic rings. The van der Waals surface area contributed by atoms with E-state index in [0.717, 1.165) is 34.4 Å². The molecule has 0 bridgehead atoms. The van der Waals surface area contributed by atoms with Gasteiger partial charge in [-0.1, -0.05) is 45.7 Å². The van der Waals surface area contributed by atoms with E-state index in [9.17, 15) is 5.11 Å². The SMILES string of the molecule is OC(c1ccc(Br)cc1)c1ccc(Cl)c(N2CCOCC2)c1. The van der Waals surface area contributed by atoms with E-state index >= 15 is 0 Å². The van der Waals surface area contributed by atoms with E-state index in [2.05, 4.69) is 20.8 Å². The maximum atomic E-state index is 10.6. The van der Waals surface area contributed by atoms with Crippen molar-refractivity contribution in [3.63, 3.8) is 0 Å². The molecule has 116 valence electrons. The number of morpholine rings is 1. The van der Waals surface area contributed by atoms with Crippen LogP contribution >= 0.6 is 27.5 Å². The van der Waals surface area contributed by atoms with Crippen LogP contribution in [0.5, 0.6) is 0 Å². The lowest BCUT2D eigenvalue weighted by molar-refractivity contribution is 0.122. The van der Waals surface area contributed by atoms with Gasteiger partial charge in [0.1, 0.15) is 6.10 Å². The highest BCUT2D eigenvalue weighted by atomic mass is 79.9. The zero-order valence-corrected chi connectivity index (χ0v) is 14.3. The van der Waals surface area contributed by atoms with E-state index in [1.54, 1.807) is 0 Å². The van der Waals surface area contributed by atoms with Gasteiger partial charge >= 0.3 is 0 Å². The van der Waals surface area contributed by atoms with Crippen molar-refractivity contribution >= 4 is 33.2 Å². The van der Waals surface area contributed by atoms with Crippen molar-refractivity contribution in [2.75, 3.05) is 31.2 Å². The highest BCUT2D eigenvalue weighted by Crippen LogP contribution is 2.32. The van der Waals surface area contributed by atoms with Crippen molar-refractivity contribution in [3.8, 4) is 0 Å². The van der Waals surface area contributed by atoms with Crippen molar-refractivity contribution in [2.45, 2.75) is 6.10 Å². The molecule has 2 aromatic carbocycles. The van der Waals surface area contributed by atoms with E-state index in [4.69, 9.17) is 16.3 Å². The van der Waals surface area contributed by atoms with E-state index in [1.165, 1.54) is 0 Å². The molecule has 1 heterocycles. The largest absolute Gasteiger partial charge is 0.384 e. The fourth-order valence-corrected chi connectivity index (χ4v) is 3.09. The molecule has 0 radical (unpaired) electrons. The third-order valence-electron chi connectivity index (χ3n) is 3.82. The summed E-state index contributed by atoms with van der Waals surface area (Å²) in [6.07, 6.45) is -0.662. The number of hydrogen-bond donors (Lipinski definition) is 1. The summed E-state index contributed by atoms with van der Waals surface area (Å²) < 4.78 is 6.37. The number of anilines is 1. The summed E-state index contributed by atoms with van der Waals surface area (Å²) in [4.78, 5) is 2.20. The zero-order chi connectivity index (χ0) is 15.5. The van der Waals surface area contributed by atoms with Gasteiger partial charge in [-0.15, -0.1) is 0 Å². The Morgan fingerprint density at radius 1 is 1.05 bits per heavy atom. The molecule has 1 unspecified atom stereocenters. The second-order valence-electron chi connectivity index (χ2n) is 5.26. The van der Waals surface area contributed by atoms with Crippen LogP contribution in [-0.4, -0.2) is 31.4 Å². The maximum Gasteiger partial charge on any atom is 0.104 e. The smallest absolute Gasteiger partial charge is 0.104 e. The van der Waals surface area contributed by atoms with Crippen LogP contribution in [0.25, 0.3) is 0 Å². The molecule has 1 atom stereocenters. The Bertz CT molecular complexity index is 642. The first kappa shape index (κ1) is 15.8. The Morgan fingerprint density at radius 3 is 2.36 bits per heavy atom. The Balaban J connectivity index is 1.89. The third kappa shape index (κ3) is 3.46. The van der Waals surface area contributed by atoms with Crippen LogP contribution in [0.4, 0.5) is 5.69 Å². The molecule has 0 saturated carbocycles. The molecule has 2 aromatic rings. The lowest BCUT2D eigenvalue weighted by atomic mass is 10.0. The molecule has 3 rings (SSSR count). The molecule has 0 spiro atoms. The number of halogens is 2. The summed E-state index contributed by atoms with van der Waals surface area (Å²) in [7, 11) is 0. The van der Waals surface area contributed by atoms with Crippen LogP contribution in [-0.2, 0) is 4.74 Å². The van der Waals surface area contributed by atoms with Gasteiger partial charge in [0.2, 0.25) is 0 Å². The Kier molecular flexibility index (Phi) is 5.03. The van der Waals surface area contributed by atoms with Crippen LogP contribution in [0.3, 0.4) is 0 Å². The lowest BCUT2D eigenvalue weighted by Gasteiger charge is -2.30. The molecular weight excluding hydrogens is 366 g/mol. The zero-order valence-electron chi connectivity index (χ0n) is 12.0. The van der Waals surface area contributed by atoms with Crippen LogP contribution < -0.4 is 4.90 Å². The average Bonchev–Trinajstić information content (AvgIpc) is 2.56. The topological polar surface area (TPSA) is 32.7 Å². The summed E-state index contributed by atoms with van der Waals surface area (Å²) in [6, 6.07) is 13.4. The number of nitrogens with zero attached hydrogens (tertiary/aromatic N) is 1. The summed E-state index contributed by atoms with van der Waals surface area (Å²) in [5.41, 5.74) is 2.66. The fourth-order valence-electron chi connectivity index (χ4n) is 2.58. The minimum Gasteiger partial charge on any atom is -0.384 e. The Labute approximate surface area is 143 Å². The predicted octanol–water partition coefficient (Wildman–Crippen LogP) is 4.02. The summed E-state index contributed by atoms with van der Waals surface area (Å²) in [5.74, 6) is 0. The van der Waals surface area contributed by atoms with E-state index in [0.29, 0.717) is 18.2 Å². The van der Waals surface area contributed by atoms with E-state index < -0.39 is 6.10 Å². The minimum atomic E-state index is -0.662. The van der Waals surface area contributed by atoms with Gasteiger partial charge in [0.15, 0.2) is 0 Å². The van der Waals surface area contributed by atoms with Gasteiger partial charge in [-0.3, -0.25) is 0 Å². The first-order valence-corrected chi connectivity index (χ1v) is 8.38. The molecule has 0 amide bonds. The second kappa shape index (κ2) is 7.01. The maximum absolute atomic E-state index is 10.6. The first-order chi connectivity index (χ1) is 10.6. The molecule has 1 saturated heterocycles. The lowest BCUT2D eigenvalue weighted by Crippen LogP contribution is -2.36. The van der Waals surface area contributed by atoms with Crippen molar-refractivity contribution in [1.29, 1.82) is 0 Å². The summed E-state index contributed by atoms with van der Waals surface area (Å²) in [6.45, 7) is 3.04. The monoisotopic (exact) mass is 381 g/mol. The molecule has 3 nitrogen and oxygen atoms in total. The average molecular weight is 383 g/mol. The van der Waals surface area contributed by atoms with Gasteiger partial charge in [0.25, 0.3) is 0 Å². The minimum absolute atomic E-state index is 0.662. The van der Waals surface area contributed by atoms with Crippen LogP contribution in [0.2, 0.25) is 5.02 Å². The molecular formula is C17H17BrClNO2. The van der Waals surface area contributed by atoms with E-state index in [-0.39, 0.29) is 0 Å². The predicted molar refractivity (Wildman–Crippen MR) is 92.7 cm³/mol. The summed E-state index contributed by atoms with van der Waals surface area (Å²) >= 11 is 9.74. The normalized spacial score (nSPS) is 16.6. The summed E-state index contributed by atoms with van der Waals surface area (Å²) in [5, 5.41) is 11.3. The molecule has 0 aromatic heterocycles. The molecule has 22 heavy (non-hydrogen) atoms. The van der Waals surface area contributed by atoms with Crippen molar-refractivity contribution in [2.24, 2.45) is 0 Å². The van der Waals surface area contributed by atoms with Crippen LogP contribution in [0.15, 0.2) is 46.9 Å². The number of rotatable bonds is 3. The molecule has 1 N–H and O–H groups in total. The van der Waals surface area contributed by atoms with Crippen LogP contribution in [0.1, 0.15) is 17.2 Å². The van der Waals surface area contributed by atoms with E-state index in [1.807, 2.05) is 42.5 Å². The van der Waals surface area contributed by atoms with Crippen molar-refractivity contribution < 1.29 is 9.84 Å². The Hall–Kier alpha value is -1.07. The quantitative estimate of drug-likeness (QED) is 0.870. The third-order valence-corrected chi connectivity index (χ3v) is 4.67. The van der Waals surface area contributed by atoms with Crippen molar-refractivity contribution in [1.82, 2.24) is 0 Å². The standard InChI is InChI=1S/C17H17BrClNO2/c18-14-4-1-12(2-5-14)17(21)13-3-6-15(19)16(11-13)20-7-9-22-10-8-20/h1-6,11,17,21H,7-10H2. The second-order valence-corrected chi connectivity index (χ2v) is 6.59. The molecule has 0 aliphatic carbocycles. The fraction of sp³-hybridized carbons (Fsp3) is 0.294.